The fourth-order valence-corrected chi connectivity index (χ4v) is 2.18. The summed E-state index contributed by atoms with van der Waals surface area (Å²) >= 11 is 3.35. The maximum atomic E-state index is 13.0. The lowest BCUT2D eigenvalue weighted by Gasteiger charge is -2.08. The molecule has 0 saturated heterocycles. The first kappa shape index (κ1) is 17.1. The van der Waals surface area contributed by atoms with E-state index in [0.717, 1.165) is 22.2 Å². The lowest BCUT2D eigenvalue weighted by Crippen LogP contribution is -2.21. The zero-order valence-electron chi connectivity index (χ0n) is 12.1. The first-order chi connectivity index (χ1) is 10.8. The molecule has 7 heteroatoms. The minimum atomic E-state index is -1.07. The quantitative estimate of drug-likeness (QED) is 0.785. The van der Waals surface area contributed by atoms with Crippen molar-refractivity contribution in [2.24, 2.45) is 0 Å². The van der Waals surface area contributed by atoms with Crippen LogP contribution < -0.4 is 10.6 Å². The summed E-state index contributed by atoms with van der Waals surface area (Å²) in [5.41, 5.74) is 1.65. The van der Waals surface area contributed by atoms with Gasteiger partial charge in [0.1, 0.15) is 6.42 Å². The van der Waals surface area contributed by atoms with Gasteiger partial charge in [0.15, 0.2) is 11.6 Å². The van der Waals surface area contributed by atoms with Crippen LogP contribution in [0.2, 0.25) is 0 Å². The number of carbonyl (C=O) groups is 2. The molecule has 0 unspecified atom stereocenters. The van der Waals surface area contributed by atoms with Gasteiger partial charge < -0.3 is 10.6 Å². The summed E-state index contributed by atoms with van der Waals surface area (Å²) in [6, 6.07) is 8.22. The second kappa shape index (κ2) is 7.32. The van der Waals surface area contributed by atoms with E-state index in [0.29, 0.717) is 5.69 Å². The summed E-state index contributed by atoms with van der Waals surface area (Å²) in [7, 11) is 0. The van der Waals surface area contributed by atoms with Crippen molar-refractivity contribution < 1.29 is 18.4 Å². The third-order valence-electron chi connectivity index (χ3n) is 2.98. The Morgan fingerprint density at radius 3 is 2.09 bits per heavy atom. The Morgan fingerprint density at radius 2 is 1.52 bits per heavy atom. The molecule has 2 aromatic carbocycles. The van der Waals surface area contributed by atoms with Crippen molar-refractivity contribution in [3.8, 4) is 0 Å². The zero-order valence-corrected chi connectivity index (χ0v) is 13.7. The van der Waals surface area contributed by atoms with E-state index in [1.165, 1.54) is 6.07 Å². The topological polar surface area (TPSA) is 58.2 Å². The molecule has 120 valence electrons. The predicted octanol–water partition coefficient (Wildman–Crippen LogP) is 4.00. The van der Waals surface area contributed by atoms with Gasteiger partial charge in [-0.15, -0.1) is 0 Å². The smallest absolute Gasteiger partial charge is 0.233 e. The number of hydrogen-bond donors (Lipinski definition) is 2. The average Bonchev–Trinajstić information content (AvgIpc) is 2.46. The summed E-state index contributed by atoms with van der Waals surface area (Å²) in [5.74, 6) is -3.22. The van der Waals surface area contributed by atoms with Gasteiger partial charge in [0.25, 0.3) is 0 Å². The number of carbonyl (C=O) groups excluding carboxylic acids is 2. The maximum absolute atomic E-state index is 13.0. The van der Waals surface area contributed by atoms with Crippen LogP contribution in [0.25, 0.3) is 0 Å². The van der Waals surface area contributed by atoms with Crippen molar-refractivity contribution in [2.75, 3.05) is 10.6 Å². The number of aryl methyl sites for hydroxylation is 1. The van der Waals surface area contributed by atoms with E-state index in [9.17, 15) is 18.4 Å². The lowest BCUT2D eigenvalue weighted by atomic mass is 10.2. The second-order valence-electron chi connectivity index (χ2n) is 4.87. The molecule has 0 spiro atoms. The van der Waals surface area contributed by atoms with Gasteiger partial charge in [0.2, 0.25) is 11.8 Å². The molecule has 0 fully saturated rings. The van der Waals surface area contributed by atoms with Crippen LogP contribution in [0, 0.1) is 18.6 Å². The molecule has 0 aliphatic rings. The highest BCUT2D eigenvalue weighted by Crippen LogP contribution is 2.20. The second-order valence-corrected chi connectivity index (χ2v) is 5.72. The Morgan fingerprint density at radius 1 is 0.957 bits per heavy atom. The van der Waals surface area contributed by atoms with Gasteiger partial charge in [-0.2, -0.15) is 0 Å². The molecule has 2 aromatic rings. The SMILES string of the molecule is Cc1ccc(NC(=O)CC(=O)Nc2ccc(F)c(F)c2)cc1Br. The van der Waals surface area contributed by atoms with Crippen LogP contribution in [-0.2, 0) is 9.59 Å². The molecule has 0 aliphatic carbocycles. The van der Waals surface area contributed by atoms with Crippen molar-refractivity contribution in [1.82, 2.24) is 0 Å². The normalized spacial score (nSPS) is 10.3. The highest BCUT2D eigenvalue weighted by atomic mass is 79.9. The molecule has 2 N–H and O–H groups in total. The number of halogens is 3. The van der Waals surface area contributed by atoms with Crippen LogP contribution in [-0.4, -0.2) is 11.8 Å². The molecule has 4 nitrogen and oxygen atoms in total. The lowest BCUT2D eigenvalue weighted by molar-refractivity contribution is -0.123. The molecule has 2 amide bonds. The summed E-state index contributed by atoms with van der Waals surface area (Å²) in [6.07, 6.45) is -0.440. The highest BCUT2D eigenvalue weighted by molar-refractivity contribution is 9.10. The molecule has 23 heavy (non-hydrogen) atoms. The van der Waals surface area contributed by atoms with Gasteiger partial charge in [0.05, 0.1) is 0 Å². The van der Waals surface area contributed by atoms with Crippen LogP contribution in [0.5, 0.6) is 0 Å². The number of benzene rings is 2. The minimum Gasteiger partial charge on any atom is -0.326 e. The van der Waals surface area contributed by atoms with Gasteiger partial charge >= 0.3 is 0 Å². The largest absolute Gasteiger partial charge is 0.326 e. The van der Waals surface area contributed by atoms with Crippen LogP contribution >= 0.6 is 15.9 Å². The first-order valence-electron chi connectivity index (χ1n) is 6.66. The maximum Gasteiger partial charge on any atom is 0.233 e. The molecule has 0 saturated carbocycles. The Balaban J connectivity index is 1.92. The first-order valence-corrected chi connectivity index (χ1v) is 7.45. The number of hydrogen-bond acceptors (Lipinski definition) is 2. The summed E-state index contributed by atoms with van der Waals surface area (Å²) in [6.45, 7) is 1.91. The van der Waals surface area contributed by atoms with Crippen molar-refractivity contribution in [2.45, 2.75) is 13.3 Å². The Labute approximate surface area is 140 Å². The van der Waals surface area contributed by atoms with E-state index in [2.05, 4.69) is 26.6 Å². The number of anilines is 2. The van der Waals surface area contributed by atoms with E-state index in [4.69, 9.17) is 0 Å². The van der Waals surface area contributed by atoms with Gasteiger partial charge in [-0.1, -0.05) is 22.0 Å². The van der Waals surface area contributed by atoms with Crippen LogP contribution in [0.4, 0.5) is 20.2 Å². The molecule has 0 aromatic heterocycles. The number of nitrogens with one attached hydrogen (secondary N) is 2. The van der Waals surface area contributed by atoms with Crippen molar-refractivity contribution in [3.63, 3.8) is 0 Å². The summed E-state index contributed by atoms with van der Waals surface area (Å²) < 4.78 is 26.7. The van der Waals surface area contributed by atoms with Gasteiger partial charge in [-0.3, -0.25) is 9.59 Å². The van der Waals surface area contributed by atoms with Gasteiger partial charge in [-0.05, 0) is 36.8 Å². The molecule has 0 atom stereocenters. The average molecular weight is 383 g/mol. The summed E-state index contributed by atoms with van der Waals surface area (Å²) in [4.78, 5) is 23.5. The Kier molecular flexibility index (Phi) is 5.44. The third kappa shape index (κ3) is 4.85. The number of amides is 2. The van der Waals surface area contributed by atoms with E-state index in [1.54, 1.807) is 12.1 Å². The molecule has 2 rings (SSSR count). The minimum absolute atomic E-state index is 0.0831. The van der Waals surface area contributed by atoms with E-state index in [1.807, 2.05) is 13.0 Å². The van der Waals surface area contributed by atoms with Crippen LogP contribution in [0.15, 0.2) is 40.9 Å². The summed E-state index contributed by atoms with van der Waals surface area (Å²) in [5, 5.41) is 4.91. The third-order valence-corrected chi connectivity index (χ3v) is 3.83. The molecule has 0 heterocycles. The van der Waals surface area contributed by atoms with Gasteiger partial charge in [-0.25, -0.2) is 8.78 Å². The van der Waals surface area contributed by atoms with E-state index < -0.39 is 29.9 Å². The fourth-order valence-electron chi connectivity index (χ4n) is 1.80. The van der Waals surface area contributed by atoms with E-state index >= 15 is 0 Å². The van der Waals surface area contributed by atoms with Gasteiger partial charge in [0, 0.05) is 21.9 Å². The van der Waals surface area contributed by atoms with Crippen molar-refractivity contribution >= 4 is 39.1 Å². The number of rotatable bonds is 4. The van der Waals surface area contributed by atoms with Crippen molar-refractivity contribution in [1.29, 1.82) is 0 Å². The molecular weight excluding hydrogens is 370 g/mol. The fraction of sp³-hybridized carbons (Fsp3) is 0.125. The molecule has 0 radical (unpaired) electrons. The Hall–Kier alpha value is -2.28. The van der Waals surface area contributed by atoms with Crippen LogP contribution in [0.3, 0.4) is 0 Å². The molecule has 0 aliphatic heterocycles. The standard InChI is InChI=1S/C16H13BrF2N2O2/c1-9-2-3-10(6-12(9)17)20-15(22)8-16(23)21-11-4-5-13(18)14(19)7-11/h2-7H,8H2,1H3,(H,20,22)(H,21,23). The predicted molar refractivity (Wildman–Crippen MR) is 87.1 cm³/mol. The monoisotopic (exact) mass is 382 g/mol. The molecule has 0 bridgehead atoms. The molecular formula is C16H13BrF2N2O2. The van der Waals surface area contributed by atoms with Crippen molar-refractivity contribution in [3.05, 3.63) is 58.1 Å². The Bertz CT molecular complexity index is 702. The van der Waals surface area contributed by atoms with E-state index in [-0.39, 0.29) is 5.69 Å². The van der Waals surface area contributed by atoms with Crippen LogP contribution in [0.1, 0.15) is 12.0 Å². The zero-order chi connectivity index (χ0) is 17.0. The highest BCUT2D eigenvalue weighted by Gasteiger charge is 2.11.